The van der Waals surface area contributed by atoms with E-state index in [-0.39, 0.29) is 36.9 Å². The summed E-state index contributed by atoms with van der Waals surface area (Å²) in [6, 6.07) is 7.55. The number of aliphatic hydroxyl groups is 1. The average molecular weight is 338 g/mol. The van der Waals surface area contributed by atoms with Gasteiger partial charge in [-0.05, 0) is 30.0 Å². The summed E-state index contributed by atoms with van der Waals surface area (Å²) in [7, 11) is 0. The molecule has 7 nitrogen and oxygen atoms in total. The maximum Gasteiger partial charge on any atom is 0.274 e. The Kier molecular flexibility index (Phi) is 4.85. The zero-order chi connectivity index (χ0) is 17.8. The van der Waals surface area contributed by atoms with Crippen LogP contribution in [0.4, 0.5) is 0 Å². The zero-order valence-electron chi connectivity index (χ0n) is 13.8. The van der Waals surface area contributed by atoms with Crippen molar-refractivity contribution in [2.24, 2.45) is 0 Å². The zero-order valence-corrected chi connectivity index (χ0v) is 13.8. The summed E-state index contributed by atoms with van der Waals surface area (Å²) in [5.41, 5.74) is 2.16. The molecule has 0 aliphatic heterocycles. The van der Waals surface area contributed by atoms with Crippen LogP contribution in [0, 0.1) is 6.92 Å². The molecule has 0 fully saturated rings. The number of benzene rings is 1. The molecule has 0 aliphatic carbocycles. The number of hydrogen-bond donors (Lipinski definition) is 2. The van der Waals surface area contributed by atoms with Crippen LogP contribution in [-0.2, 0) is 6.54 Å². The van der Waals surface area contributed by atoms with Gasteiger partial charge >= 0.3 is 0 Å². The molecule has 2 aromatic heterocycles. The number of H-pyrrole nitrogens is 1. The monoisotopic (exact) mass is 338 g/mol. The summed E-state index contributed by atoms with van der Waals surface area (Å²) in [5.74, 6) is -0.384. The van der Waals surface area contributed by atoms with Gasteiger partial charge in [-0.2, -0.15) is 0 Å². The van der Waals surface area contributed by atoms with Crippen LogP contribution in [0.25, 0.3) is 10.9 Å². The minimum absolute atomic E-state index is 0.0785. The lowest BCUT2D eigenvalue weighted by Crippen LogP contribution is -2.35. The van der Waals surface area contributed by atoms with E-state index in [9.17, 15) is 14.7 Å². The molecule has 0 radical (unpaired) electrons. The van der Waals surface area contributed by atoms with Crippen molar-refractivity contribution in [2.45, 2.75) is 13.5 Å². The Morgan fingerprint density at radius 2 is 2.12 bits per heavy atom. The quantitative estimate of drug-likeness (QED) is 0.730. The first-order chi connectivity index (χ1) is 12.1. The van der Waals surface area contributed by atoms with Crippen molar-refractivity contribution >= 4 is 16.8 Å². The Balaban J connectivity index is 1.93. The highest BCUT2D eigenvalue weighted by molar-refractivity contribution is 5.92. The van der Waals surface area contributed by atoms with Crippen LogP contribution >= 0.6 is 0 Å². The third kappa shape index (κ3) is 3.72. The molecule has 0 spiro atoms. The summed E-state index contributed by atoms with van der Waals surface area (Å²) in [6.07, 6.45) is 4.26. The SMILES string of the molecule is Cc1ccc2cc(CN(CCO)C(=O)c3cnccn3)c(=O)[nH]c2c1. The van der Waals surface area contributed by atoms with Crippen LogP contribution in [0.15, 0.2) is 47.7 Å². The summed E-state index contributed by atoms with van der Waals surface area (Å²) < 4.78 is 0. The molecule has 1 amide bonds. The minimum Gasteiger partial charge on any atom is -0.395 e. The standard InChI is InChI=1S/C18H18N4O3/c1-12-2-3-13-9-14(17(24)21-15(13)8-12)11-22(6-7-23)18(25)16-10-19-4-5-20-16/h2-5,8-10,23H,6-7,11H2,1H3,(H,21,24). The number of rotatable bonds is 5. The minimum atomic E-state index is -0.384. The van der Waals surface area contributed by atoms with Gasteiger partial charge in [0.05, 0.1) is 19.3 Å². The smallest absolute Gasteiger partial charge is 0.274 e. The lowest BCUT2D eigenvalue weighted by atomic mass is 10.1. The van der Waals surface area contributed by atoms with Crippen molar-refractivity contribution in [3.63, 3.8) is 0 Å². The van der Waals surface area contributed by atoms with Gasteiger partial charge in [0.1, 0.15) is 5.69 Å². The van der Waals surface area contributed by atoms with Crippen molar-refractivity contribution in [3.8, 4) is 0 Å². The molecule has 3 rings (SSSR count). The van der Waals surface area contributed by atoms with E-state index in [0.29, 0.717) is 5.56 Å². The number of carbonyl (C=O) groups is 1. The fourth-order valence-electron chi connectivity index (χ4n) is 2.63. The third-order valence-electron chi connectivity index (χ3n) is 3.88. The summed E-state index contributed by atoms with van der Waals surface area (Å²) in [5, 5.41) is 10.2. The Bertz CT molecular complexity index is 953. The molecular formula is C18H18N4O3. The fraction of sp³-hybridized carbons (Fsp3) is 0.222. The van der Waals surface area contributed by atoms with Crippen molar-refractivity contribution < 1.29 is 9.90 Å². The van der Waals surface area contributed by atoms with Gasteiger partial charge in [0.15, 0.2) is 0 Å². The van der Waals surface area contributed by atoms with E-state index in [1.165, 1.54) is 23.5 Å². The van der Waals surface area contributed by atoms with E-state index in [4.69, 9.17) is 0 Å². The van der Waals surface area contributed by atoms with Crippen molar-refractivity contribution in [3.05, 3.63) is 70.0 Å². The van der Waals surface area contributed by atoms with Gasteiger partial charge in [-0.1, -0.05) is 12.1 Å². The first-order valence-electron chi connectivity index (χ1n) is 7.87. The highest BCUT2D eigenvalue weighted by atomic mass is 16.3. The molecule has 0 unspecified atom stereocenters. The van der Waals surface area contributed by atoms with Gasteiger partial charge < -0.3 is 15.0 Å². The Morgan fingerprint density at radius 1 is 1.28 bits per heavy atom. The predicted molar refractivity (Wildman–Crippen MR) is 93.2 cm³/mol. The molecule has 0 bridgehead atoms. The van der Waals surface area contributed by atoms with Gasteiger partial charge in [-0.25, -0.2) is 4.98 Å². The Morgan fingerprint density at radius 3 is 2.84 bits per heavy atom. The maximum absolute atomic E-state index is 12.6. The Hall–Kier alpha value is -3.06. The van der Waals surface area contributed by atoms with E-state index in [2.05, 4.69) is 15.0 Å². The van der Waals surface area contributed by atoms with Gasteiger partial charge in [0, 0.05) is 30.0 Å². The van der Waals surface area contributed by atoms with Gasteiger partial charge in [-0.15, -0.1) is 0 Å². The number of amides is 1. The van der Waals surface area contributed by atoms with Crippen LogP contribution < -0.4 is 5.56 Å². The molecule has 2 heterocycles. The highest BCUT2D eigenvalue weighted by Crippen LogP contribution is 2.14. The predicted octanol–water partition coefficient (Wildman–Crippen LogP) is 1.26. The molecule has 0 atom stereocenters. The van der Waals surface area contributed by atoms with E-state index in [1.54, 1.807) is 6.07 Å². The highest BCUT2D eigenvalue weighted by Gasteiger charge is 2.18. The average Bonchev–Trinajstić information content (AvgIpc) is 2.62. The number of aryl methyl sites for hydroxylation is 1. The lowest BCUT2D eigenvalue weighted by Gasteiger charge is -2.21. The van der Waals surface area contributed by atoms with Crippen LogP contribution in [0.1, 0.15) is 21.6 Å². The molecule has 25 heavy (non-hydrogen) atoms. The third-order valence-corrected chi connectivity index (χ3v) is 3.88. The molecule has 0 saturated carbocycles. The van der Waals surface area contributed by atoms with Crippen LogP contribution in [-0.4, -0.2) is 44.0 Å². The Labute approximate surface area is 144 Å². The molecule has 2 N–H and O–H groups in total. The summed E-state index contributed by atoms with van der Waals surface area (Å²) >= 11 is 0. The molecule has 0 aliphatic rings. The van der Waals surface area contributed by atoms with Crippen molar-refractivity contribution in [1.82, 2.24) is 19.9 Å². The number of carbonyl (C=O) groups excluding carboxylic acids is 1. The summed E-state index contributed by atoms with van der Waals surface area (Å²) in [4.78, 5) is 37.0. The molecular weight excluding hydrogens is 320 g/mol. The van der Waals surface area contributed by atoms with Crippen LogP contribution in [0.2, 0.25) is 0 Å². The number of aliphatic hydroxyl groups excluding tert-OH is 1. The van der Waals surface area contributed by atoms with E-state index < -0.39 is 0 Å². The van der Waals surface area contributed by atoms with E-state index >= 15 is 0 Å². The number of aromatic nitrogens is 3. The normalized spacial score (nSPS) is 10.8. The largest absolute Gasteiger partial charge is 0.395 e. The molecule has 128 valence electrons. The summed E-state index contributed by atoms with van der Waals surface area (Å²) in [6.45, 7) is 1.92. The number of aromatic amines is 1. The second kappa shape index (κ2) is 7.23. The molecule has 3 aromatic rings. The van der Waals surface area contributed by atoms with E-state index in [1.807, 2.05) is 25.1 Å². The van der Waals surface area contributed by atoms with E-state index in [0.717, 1.165) is 16.5 Å². The number of nitrogens with one attached hydrogen (secondary N) is 1. The van der Waals surface area contributed by atoms with Gasteiger partial charge in [0.2, 0.25) is 0 Å². The lowest BCUT2D eigenvalue weighted by molar-refractivity contribution is 0.0701. The van der Waals surface area contributed by atoms with Gasteiger partial charge in [0.25, 0.3) is 11.5 Å². The maximum atomic E-state index is 12.6. The topological polar surface area (TPSA) is 99.2 Å². The number of fused-ring (bicyclic) bond motifs is 1. The molecule has 0 saturated heterocycles. The van der Waals surface area contributed by atoms with Crippen molar-refractivity contribution in [2.75, 3.05) is 13.2 Å². The number of pyridine rings is 1. The second-order valence-corrected chi connectivity index (χ2v) is 5.76. The molecule has 1 aromatic carbocycles. The van der Waals surface area contributed by atoms with Crippen molar-refractivity contribution in [1.29, 1.82) is 0 Å². The second-order valence-electron chi connectivity index (χ2n) is 5.76. The first-order valence-corrected chi connectivity index (χ1v) is 7.87. The van der Waals surface area contributed by atoms with Crippen LogP contribution in [0.3, 0.4) is 0 Å². The van der Waals surface area contributed by atoms with Gasteiger partial charge in [-0.3, -0.25) is 14.6 Å². The molecule has 7 heteroatoms. The first kappa shape index (κ1) is 16.8. The van der Waals surface area contributed by atoms with Crippen LogP contribution in [0.5, 0.6) is 0 Å². The number of nitrogens with zero attached hydrogens (tertiary/aromatic N) is 3. The fourth-order valence-corrected chi connectivity index (χ4v) is 2.63. The number of hydrogen-bond acceptors (Lipinski definition) is 5.